The number of H-pyrrole nitrogens is 1. The first kappa shape index (κ1) is 20.7. The van der Waals surface area contributed by atoms with Gasteiger partial charge in [0, 0.05) is 18.1 Å². The summed E-state index contributed by atoms with van der Waals surface area (Å²) in [6, 6.07) is 12.9. The van der Waals surface area contributed by atoms with Crippen molar-refractivity contribution in [3.8, 4) is 23.2 Å². The van der Waals surface area contributed by atoms with Gasteiger partial charge in [-0.05, 0) is 55.5 Å². The summed E-state index contributed by atoms with van der Waals surface area (Å²) in [4.78, 5) is 32.7. The zero-order valence-electron chi connectivity index (χ0n) is 18.1. The fourth-order valence-electron chi connectivity index (χ4n) is 3.96. The van der Waals surface area contributed by atoms with E-state index in [1.807, 2.05) is 24.3 Å². The topological polar surface area (TPSA) is 115 Å². The molecule has 0 aliphatic heterocycles. The number of rotatable bonds is 7. The number of hydrogen-bond acceptors (Lipinski definition) is 6. The SMILES string of the molecule is COc1ccc(CCC(=O)Nc2cc(-c3ccco3)nn2-c2nc3c(c(=O)[nH]2)CCC3)cc1. The standard InChI is InChI=1S/C24H23N5O4/c1-32-16-10-7-15(8-11-16)9-12-22(30)26-21-14-19(20-6-3-13-33-20)28-29(21)24-25-18-5-2-4-17(18)23(31)27-24/h3,6-8,10-11,13-14H,2,4-5,9,12H2,1H3,(H,26,30)(H,25,27,31). The third kappa shape index (κ3) is 4.30. The highest BCUT2D eigenvalue weighted by Gasteiger charge is 2.21. The second-order valence-electron chi connectivity index (χ2n) is 7.87. The van der Waals surface area contributed by atoms with Crippen molar-refractivity contribution in [2.45, 2.75) is 32.1 Å². The number of methoxy groups -OCH3 is 1. The van der Waals surface area contributed by atoms with E-state index in [2.05, 4.69) is 20.4 Å². The van der Waals surface area contributed by atoms with Gasteiger partial charge in [0.2, 0.25) is 11.9 Å². The predicted octanol–water partition coefficient (Wildman–Crippen LogP) is 3.28. The molecule has 1 amide bonds. The van der Waals surface area contributed by atoms with Crippen LogP contribution in [0.2, 0.25) is 0 Å². The number of fused-ring (bicyclic) bond motifs is 1. The highest BCUT2D eigenvalue weighted by Crippen LogP contribution is 2.25. The molecule has 9 heteroatoms. The molecule has 0 saturated heterocycles. The number of nitrogens with zero attached hydrogens (tertiary/aromatic N) is 3. The van der Waals surface area contributed by atoms with Crippen molar-refractivity contribution in [3.05, 3.63) is 75.9 Å². The molecule has 0 spiro atoms. The lowest BCUT2D eigenvalue weighted by atomic mass is 10.1. The molecule has 0 saturated carbocycles. The Morgan fingerprint density at radius 2 is 2.09 bits per heavy atom. The maximum absolute atomic E-state index is 12.7. The largest absolute Gasteiger partial charge is 0.497 e. The molecular weight excluding hydrogens is 422 g/mol. The molecule has 1 aromatic carbocycles. The van der Waals surface area contributed by atoms with Gasteiger partial charge < -0.3 is 14.5 Å². The van der Waals surface area contributed by atoms with Crippen LogP contribution in [-0.4, -0.2) is 32.8 Å². The van der Waals surface area contributed by atoms with E-state index in [0.717, 1.165) is 41.8 Å². The van der Waals surface area contributed by atoms with Crippen LogP contribution in [0, 0.1) is 0 Å². The Labute approximate surface area is 189 Å². The molecular formula is C24H23N5O4. The monoisotopic (exact) mass is 445 g/mol. The van der Waals surface area contributed by atoms with Gasteiger partial charge in [-0.2, -0.15) is 9.78 Å². The lowest BCUT2D eigenvalue weighted by Crippen LogP contribution is -2.21. The van der Waals surface area contributed by atoms with Crippen LogP contribution in [0.25, 0.3) is 17.4 Å². The summed E-state index contributed by atoms with van der Waals surface area (Å²) in [5.41, 5.74) is 2.89. The van der Waals surface area contributed by atoms with E-state index in [1.165, 1.54) is 4.68 Å². The number of aromatic nitrogens is 4. The minimum atomic E-state index is -0.179. The summed E-state index contributed by atoms with van der Waals surface area (Å²) in [7, 11) is 1.62. The lowest BCUT2D eigenvalue weighted by molar-refractivity contribution is -0.116. The first-order valence-electron chi connectivity index (χ1n) is 10.8. The van der Waals surface area contributed by atoms with Crippen LogP contribution in [-0.2, 0) is 24.1 Å². The van der Waals surface area contributed by atoms with E-state index in [-0.39, 0.29) is 23.8 Å². The lowest BCUT2D eigenvalue weighted by Gasteiger charge is -2.09. The van der Waals surface area contributed by atoms with Crippen molar-refractivity contribution in [2.75, 3.05) is 12.4 Å². The van der Waals surface area contributed by atoms with Crippen LogP contribution in [0.3, 0.4) is 0 Å². The Morgan fingerprint density at radius 3 is 2.85 bits per heavy atom. The maximum atomic E-state index is 12.7. The average molecular weight is 445 g/mol. The Balaban J connectivity index is 1.41. The third-order valence-corrected chi connectivity index (χ3v) is 5.68. The third-order valence-electron chi connectivity index (χ3n) is 5.68. The molecule has 0 fully saturated rings. The number of furan rings is 1. The molecule has 0 bridgehead atoms. The first-order valence-corrected chi connectivity index (χ1v) is 10.8. The van der Waals surface area contributed by atoms with Crippen LogP contribution in [0.15, 0.2) is 57.9 Å². The first-order chi connectivity index (χ1) is 16.1. The average Bonchev–Trinajstić information content (AvgIpc) is 3.58. The maximum Gasteiger partial charge on any atom is 0.255 e. The predicted molar refractivity (Wildman–Crippen MR) is 122 cm³/mol. The Hall–Kier alpha value is -4.14. The van der Waals surface area contributed by atoms with E-state index < -0.39 is 0 Å². The number of carbonyl (C=O) groups excluding carboxylic acids is 1. The quantitative estimate of drug-likeness (QED) is 0.451. The highest BCUT2D eigenvalue weighted by atomic mass is 16.5. The van der Waals surface area contributed by atoms with Crippen molar-refractivity contribution in [2.24, 2.45) is 0 Å². The number of anilines is 1. The zero-order chi connectivity index (χ0) is 22.8. The molecule has 1 aliphatic rings. The molecule has 0 atom stereocenters. The summed E-state index contributed by atoms with van der Waals surface area (Å²) < 4.78 is 12.1. The number of benzene rings is 1. The van der Waals surface area contributed by atoms with Gasteiger partial charge in [0.15, 0.2) is 5.76 Å². The van der Waals surface area contributed by atoms with Gasteiger partial charge >= 0.3 is 0 Å². The van der Waals surface area contributed by atoms with Crippen molar-refractivity contribution < 1.29 is 13.9 Å². The molecule has 2 N–H and O–H groups in total. The number of aromatic amines is 1. The minimum absolute atomic E-state index is 0.167. The molecule has 3 heterocycles. The van der Waals surface area contributed by atoms with Gasteiger partial charge in [-0.3, -0.25) is 14.6 Å². The highest BCUT2D eigenvalue weighted by molar-refractivity contribution is 5.90. The van der Waals surface area contributed by atoms with Crippen LogP contribution in [0.4, 0.5) is 5.82 Å². The molecule has 0 radical (unpaired) electrons. The van der Waals surface area contributed by atoms with Gasteiger partial charge in [-0.25, -0.2) is 4.98 Å². The summed E-state index contributed by atoms with van der Waals surface area (Å²) >= 11 is 0. The van der Waals surface area contributed by atoms with Gasteiger partial charge in [0.25, 0.3) is 5.56 Å². The molecule has 4 aromatic rings. The number of aryl methyl sites for hydroxylation is 2. The molecule has 0 unspecified atom stereocenters. The van der Waals surface area contributed by atoms with Gasteiger partial charge in [-0.15, -0.1) is 0 Å². The van der Waals surface area contributed by atoms with E-state index in [0.29, 0.717) is 23.7 Å². The summed E-state index contributed by atoms with van der Waals surface area (Å²) in [5, 5.41) is 7.45. The van der Waals surface area contributed by atoms with Gasteiger partial charge in [0.1, 0.15) is 17.3 Å². The molecule has 9 nitrogen and oxygen atoms in total. The Kier molecular flexibility index (Phi) is 5.52. The van der Waals surface area contributed by atoms with E-state index in [4.69, 9.17) is 9.15 Å². The van der Waals surface area contributed by atoms with Crippen LogP contribution in [0.1, 0.15) is 29.7 Å². The summed E-state index contributed by atoms with van der Waals surface area (Å²) in [5.74, 6) is 1.81. The normalized spacial score (nSPS) is 12.5. The molecule has 3 aromatic heterocycles. The number of ether oxygens (including phenoxy) is 1. The van der Waals surface area contributed by atoms with Gasteiger partial charge in [-0.1, -0.05) is 12.1 Å². The smallest absolute Gasteiger partial charge is 0.255 e. The van der Waals surface area contributed by atoms with Crippen molar-refractivity contribution in [1.82, 2.24) is 19.7 Å². The summed E-state index contributed by atoms with van der Waals surface area (Å²) in [6.07, 6.45) is 4.79. The molecule has 5 rings (SSSR count). The number of amides is 1. The fourth-order valence-corrected chi connectivity index (χ4v) is 3.96. The van der Waals surface area contributed by atoms with Gasteiger partial charge in [0.05, 0.1) is 19.1 Å². The van der Waals surface area contributed by atoms with Crippen molar-refractivity contribution >= 4 is 11.7 Å². The second kappa shape index (κ2) is 8.78. The number of nitrogens with one attached hydrogen (secondary N) is 2. The van der Waals surface area contributed by atoms with Crippen LogP contribution in [0.5, 0.6) is 5.75 Å². The zero-order valence-corrected chi connectivity index (χ0v) is 18.1. The fraction of sp³-hybridized carbons (Fsp3) is 0.250. The van der Waals surface area contributed by atoms with Crippen LogP contribution < -0.4 is 15.6 Å². The van der Waals surface area contributed by atoms with Crippen molar-refractivity contribution in [3.63, 3.8) is 0 Å². The summed E-state index contributed by atoms with van der Waals surface area (Å²) in [6.45, 7) is 0. The van der Waals surface area contributed by atoms with E-state index >= 15 is 0 Å². The Morgan fingerprint density at radius 1 is 1.24 bits per heavy atom. The van der Waals surface area contributed by atoms with E-state index in [1.54, 1.807) is 31.6 Å². The van der Waals surface area contributed by atoms with Crippen LogP contribution >= 0.6 is 0 Å². The Bertz CT molecular complexity index is 1340. The van der Waals surface area contributed by atoms with E-state index in [9.17, 15) is 9.59 Å². The van der Waals surface area contributed by atoms with Crippen molar-refractivity contribution in [1.29, 1.82) is 0 Å². The number of carbonyl (C=O) groups is 1. The molecule has 168 valence electrons. The molecule has 1 aliphatic carbocycles. The molecule has 33 heavy (non-hydrogen) atoms. The second-order valence-corrected chi connectivity index (χ2v) is 7.87. The minimum Gasteiger partial charge on any atom is -0.497 e. The number of hydrogen-bond donors (Lipinski definition) is 2.